The predicted molar refractivity (Wildman–Crippen MR) is 83.6 cm³/mol. The number of nitrogens with zero attached hydrogens (tertiary/aromatic N) is 2. The van der Waals surface area contributed by atoms with Gasteiger partial charge in [-0.05, 0) is 31.4 Å². The summed E-state index contributed by atoms with van der Waals surface area (Å²) in [6.45, 7) is 0.219. The molecule has 1 atom stereocenters. The van der Waals surface area contributed by atoms with Crippen LogP contribution in [0.4, 0.5) is 10.5 Å². The first-order valence-corrected chi connectivity index (χ1v) is 7.68. The summed E-state index contributed by atoms with van der Waals surface area (Å²) in [6, 6.07) is 5.12. The van der Waals surface area contributed by atoms with Gasteiger partial charge in [0, 0.05) is 30.1 Å². The molecule has 0 saturated carbocycles. The van der Waals surface area contributed by atoms with Crippen LogP contribution in [0.5, 0.6) is 11.5 Å². The maximum atomic E-state index is 12.3. The van der Waals surface area contributed by atoms with E-state index in [0.717, 1.165) is 24.8 Å². The van der Waals surface area contributed by atoms with Crippen LogP contribution in [0, 0.1) is 0 Å². The molecular weight excluding hydrogens is 296 g/mol. The highest BCUT2D eigenvalue weighted by Gasteiger charge is 2.25. The lowest BCUT2D eigenvalue weighted by Gasteiger charge is -2.24. The number of benzene rings is 1. The Balaban J connectivity index is 1.45. The maximum Gasteiger partial charge on any atom is 0.319 e. The number of nitrogens with one attached hydrogen (secondary N) is 2. The Labute approximate surface area is 133 Å². The molecule has 1 aromatic heterocycles. The highest BCUT2D eigenvalue weighted by Crippen LogP contribution is 2.34. The molecule has 1 aliphatic heterocycles. The summed E-state index contributed by atoms with van der Waals surface area (Å²) in [7, 11) is 1.94. The smallest absolute Gasteiger partial charge is 0.319 e. The normalized spacial score (nSPS) is 18.4. The van der Waals surface area contributed by atoms with Crippen molar-refractivity contribution in [1.82, 2.24) is 15.1 Å². The topological polar surface area (TPSA) is 77.4 Å². The van der Waals surface area contributed by atoms with Gasteiger partial charge in [0.15, 0.2) is 11.5 Å². The first kappa shape index (κ1) is 13.9. The number of fused-ring (bicyclic) bond motifs is 2. The number of aromatic nitrogens is 2. The lowest BCUT2D eigenvalue weighted by molar-refractivity contribution is 0.174. The molecule has 2 heterocycles. The van der Waals surface area contributed by atoms with Gasteiger partial charge in [-0.1, -0.05) is 0 Å². The summed E-state index contributed by atoms with van der Waals surface area (Å²) < 4.78 is 12.5. The van der Waals surface area contributed by atoms with Gasteiger partial charge in [-0.2, -0.15) is 5.10 Å². The van der Waals surface area contributed by atoms with Crippen LogP contribution in [-0.2, 0) is 13.5 Å². The number of hydrogen-bond acceptors (Lipinski definition) is 4. The van der Waals surface area contributed by atoms with Crippen LogP contribution < -0.4 is 20.1 Å². The van der Waals surface area contributed by atoms with Crippen molar-refractivity contribution < 1.29 is 14.3 Å². The molecular formula is C16H18N4O3. The molecule has 2 aliphatic rings. The van der Waals surface area contributed by atoms with Gasteiger partial charge in [0.05, 0.1) is 12.2 Å². The highest BCUT2D eigenvalue weighted by molar-refractivity contribution is 5.90. The minimum atomic E-state index is -0.231. The van der Waals surface area contributed by atoms with Gasteiger partial charge in [0.25, 0.3) is 0 Å². The van der Waals surface area contributed by atoms with E-state index < -0.39 is 0 Å². The van der Waals surface area contributed by atoms with Crippen molar-refractivity contribution in [1.29, 1.82) is 0 Å². The number of aryl methyl sites for hydroxylation is 1. The van der Waals surface area contributed by atoms with E-state index in [1.165, 1.54) is 5.69 Å². The number of carbonyl (C=O) groups excluding carboxylic acids is 1. The van der Waals surface area contributed by atoms with E-state index in [0.29, 0.717) is 17.2 Å². The van der Waals surface area contributed by atoms with Crippen molar-refractivity contribution in [2.45, 2.75) is 25.3 Å². The van der Waals surface area contributed by atoms with Gasteiger partial charge in [-0.15, -0.1) is 0 Å². The van der Waals surface area contributed by atoms with E-state index >= 15 is 0 Å². The van der Waals surface area contributed by atoms with Crippen LogP contribution in [0.15, 0.2) is 24.4 Å². The number of ether oxygens (including phenoxy) is 2. The van der Waals surface area contributed by atoms with Gasteiger partial charge in [0.1, 0.15) is 0 Å². The molecule has 1 unspecified atom stereocenters. The van der Waals surface area contributed by atoms with Gasteiger partial charge < -0.3 is 20.1 Å². The molecule has 0 spiro atoms. The lowest BCUT2D eigenvalue weighted by atomic mass is 9.93. The molecule has 0 bridgehead atoms. The van der Waals surface area contributed by atoms with Crippen molar-refractivity contribution in [2.24, 2.45) is 7.05 Å². The first-order chi connectivity index (χ1) is 11.2. The fraction of sp³-hybridized carbons (Fsp3) is 0.375. The van der Waals surface area contributed by atoms with Crippen LogP contribution in [0.25, 0.3) is 0 Å². The Bertz CT molecular complexity index is 756. The second kappa shape index (κ2) is 5.49. The van der Waals surface area contributed by atoms with Crippen molar-refractivity contribution in [3.05, 3.63) is 35.7 Å². The molecule has 0 radical (unpaired) electrons. The second-order valence-corrected chi connectivity index (χ2v) is 5.78. The number of amides is 2. The van der Waals surface area contributed by atoms with Crippen LogP contribution >= 0.6 is 0 Å². The van der Waals surface area contributed by atoms with Gasteiger partial charge in [0.2, 0.25) is 6.79 Å². The second-order valence-electron chi connectivity index (χ2n) is 5.78. The Morgan fingerprint density at radius 3 is 3.13 bits per heavy atom. The summed E-state index contributed by atoms with van der Waals surface area (Å²) in [4.78, 5) is 12.3. The Morgan fingerprint density at radius 2 is 2.22 bits per heavy atom. The third-order valence-electron chi connectivity index (χ3n) is 4.31. The third kappa shape index (κ3) is 2.58. The average molecular weight is 314 g/mol. The van der Waals surface area contributed by atoms with E-state index in [1.807, 2.05) is 17.9 Å². The number of anilines is 1. The van der Waals surface area contributed by atoms with E-state index in [4.69, 9.17) is 9.47 Å². The molecule has 1 aromatic carbocycles. The molecule has 0 saturated heterocycles. The summed E-state index contributed by atoms with van der Waals surface area (Å²) in [5.74, 6) is 1.35. The Kier molecular flexibility index (Phi) is 3.33. The highest BCUT2D eigenvalue weighted by atomic mass is 16.7. The van der Waals surface area contributed by atoms with Crippen LogP contribution in [0.1, 0.15) is 30.1 Å². The van der Waals surface area contributed by atoms with Crippen molar-refractivity contribution >= 4 is 11.7 Å². The number of hydrogen-bond donors (Lipinski definition) is 2. The third-order valence-corrected chi connectivity index (χ3v) is 4.31. The molecule has 4 rings (SSSR count). The van der Waals surface area contributed by atoms with Crippen molar-refractivity contribution in [2.75, 3.05) is 12.1 Å². The van der Waals surface area contributed by atoms with E-state index in [9.17, 15) is 4.79 Å². The summed E-state index contributed by atoms with van der Waals surface area (Å²) in [5.41, 5.74) is 2.98. The fourth-order valence-corrected chi connectivity index (χ4v) is 3.16. The standard InChI is InChI=1S/C16H18N4O3/c1-20-13-4-2-3-12(11(13)8-17-20)19-16(21)18-10-5-6-14-15(7-10)23-9-22-14/h5-8,12H,2-4,9H2,1H3,(H2,18,19,21). The molecule has 1 aliphatic carbocycles. The summed E-state index contributed by atoms with van der Waals surface area (Å²) in [6.07, 6.45) is 4.82. The monoisotopic (exact) mass is 314 g/mol. The number of rotatable bonds is 2. The Hall–Kier alpha value is -2.70. The van der Waals surface area contributed by atoms with E-state index in [-0.39, 0.29) is 18.9 Å². The predicted octanol–water partition coefficient (Wildman–Crippen LogP) is 2.35. The SMILES string of the molecule is Cn1ncc2c1CCCC2NC(=O)Nc1ccc2c(c1)OCO2. The summed E-state index contributed by atoms with van der Waals surface area (Å²) in [5, 5.41) is 10.2. The van der Waals surface area contributed by atoms with Crippen LogP contribution in [0.2, 0.25) is 0 Å². The minimum Gasteiger partial charge on any atom is -0.454 e. The zero-order valence-corrected chi connectivity index (χ0v) is 12.8. The van der Waals surface area contributed by atoms with Gasteiger partial charge in [-0.25, -0.2) is 4.79 Å². The quantitative estimate of drug-likeness (QED) is 0.892. The van der Waals surface area contributed by atoms with Crippen molar-refractivity contribution in [3.8, 4) is 11.5 Å². The molecule has 2 N–H and O–H groups in total. The minimum absolute atomic E-state index is 0.00135. The van der Waals surface area contributed by atoms with Gasteiger partial charge in [-0.3, -0.25) is 4.68 Å². The molecule has 7 heteroatoms. The van der Waals surface area contributed by atoms with E-state index in [1.54, 1.807) is 18.2 Å². The van der Waals surface area contributed by atoms with Crippen molar-refractivity contribution in [3.63, 3.8) is 0 Å². The van der Waals surface area contributed by atoms with Crippen LogP contribution in [-0.4, -0.2) is 22.6 Å². The lowest BCUT2D eigenvalue weighted by Crippen LogP contribution is -2.34. The maximum absolute atomic E-state index is 12.3. The fourth-order valence-electron chi connectivity index (χ4n) is 3.16. The molecule has 23 heavy (non-hydrogen) atoms. The number of urea groups is 1. The Morgan fingerprint density at radius 1 is 1.35 bits per heavy atom. The first-order valence-electron chi connectivity index (χ1n) is 7.68. The largest absolute Gasteiger partial charge is 0.454 e. The number of carbonyl (C=O) groups is 1. The van der Waals surface area contributed by atoms with Crippen LogP contribution in [0.3, 0.4) is 0 Å². The molecule has 7 nitrogen and oxygen atoms in total. The van der Waals surface area contributed by atoms with E-state index in [2.05, 4.69) is 15.7 Å². The molecule has 0 fully saturated rings. The molecule has 2 aromatic rings. The zero-order valence-electron chi connectivity index (χ0n) is 12.8. The molecule has 120 valence electrons. The average Bonchev–Trinajstić information content (AvgIpc) is 3.14. The zero-order chi connectivity index (χ0) is 15.8. The summed E-state index contributed by atoms with van der Waals surface area (Å²) >= 11 is 0. The van der Waals surface area contributed by atoms with Gasteiger partial charge >= 0.3 is 6.03 Å². The molecule has 2 amide bonds.